The van der Waals surface area contributed by atoms with E-state index >= 15 is 0 Å². The van der Waals surface area contributed by atoms with Crippen molar-refractivity contribution in [1.82, 2.24) is 5.06 Å². The van der Waals surface area contributed by atoms with Gasteiger partial charge < -0.3 is 0 Å². The molecular weight excluding hydrogens is 214 g/mol. The summed E-state index contributed by atoms with van der Waals surface area (Å²) in [4.78, 5) is 16.8. The first-order valence-corrected chi connectivity index (χ1v) is 5.85. The summed E-state index contributed by atoms with van der Waals surface area (Å²) in [5.74, 6) is 0. The Bertz CT molecular complexity index is 409. The number of amides is 1. The average Bonchev–Trinajstić information content (AvgIpc) is 2.68. The van der Waals surface area contributed by atoms with Gasteiger partial charge in [0.05, 0.1) is 11.6 Å². The van der Waals surface area contributed by atoms with Crippen molar-refractivity contribution in [2.45, 2.75) is 38.8 Å². The molecule has 3 heteroatoms. The van der Waals surface area contributed by atoms with Crippen LogP contribution in [0.25, 0.3) is 0 Å². The second-order valence-corrected chi connectivity index (χ2v) is 5.25. The monoisotopic (exact) mass is 232 g/mol. The highest BCUT2D eigenvalue weighted by molar-refractivity contribution is 5.50. The Labute approximate surface area is 102 Å². The van der Waals surface area contributed by atoms with E-state index < -0.39 is 0 Å². The molecule has 0 bridgehead atoms. The number of rotatable bonds is 3. The minimum absolute atomic E-state index is 0.0667. The average molecular weight is 232 g/mol. The maximum Gasteiger partial charge on any atom is 0.233 e. The summed E-state index contributed by atoms with van der Waals surface area (Å²) in [5, 5.41) is 1.41. The molecule has 91 valence electrons. The third-order valence-electron chi connectivity index (χ3n) is 2.69. The lowest BCUT2D eigenvalue weighted by Gasteiger charge is -2.31. The summed E-state index contributed by atoms with van der Waals surface area (Å²) in [7, 11) is 0. The van der Waals surface area contributed by atoms with E-state index in [1.165, 1.54) is 10.6 Å². The van der Waals surface area contributed by atoms with Gasteiger partial charge in [0.15, 0.2) is 0 Å². The molecular formula is C14H18NO2. The summed E-state index contributed by atoms with van der Waals surface area (Å²) >= 11 is 0. The van der Waals surface area contributed by atoms with Gasteiger partial charge in [-0.1, -0.05) is 24.3 Å². The Balaban J connectivity index is 2.20. The zero-order valence-electron chi connectivity index (χ0n) is 10.5. The Morgan fingerprint density at radius 3 is 2.71 bits per heavy atom. The summed E-state index contributed by atoms with van der Waals surface area (Å²) in [6.45, 7) is 5.80. The normalized spacial score (nSPS) is 18.9. The van der Waals surface area contributed by atoms with Gasteiger partial charge in [0.2, 0.25) is 6.41 Å². The number of hydroxylamine groups is 2. The van der Waals surface area contributed by atoms with Crippen molar-refractivity contribution < 1.29 is 9.63 Å². The molecule has 0 heterocycles. The van der Waals surface area contributed by atoms with Crippen LogP contribution in [-0.2, 0) is 16.1 Å². The van der Waals surface area contributed by atoms with E-state index in [1.54, 1.807) is 0 Å². The molecule has 17 heavy (non-hydrogen) atoms. The van der Waals surface area contributed by atoms with Crippen molar-refractivity contribution in [2.24, 2.45) is 0 Å². The van der Waals surface area contributed by atoms with E-state index in [4.69, 9.17) is 4.84 Å². The molecule has 1 aliphatic rings. The fraction of sp³-hybridized carbons (Fsp3) is 0.429. The zero-order valence-corrected chi connectivity index (χ0v) is 10.5. The Hall–Kier alpha value is -1.35. The largest absolute Gasteiger partial charge is 0.276 e. The van der Waals surface area contributed by atoms with Crippen molar-refractivity contribution in [3.63, 3.8) is 0 Å². The van der Waals surface area contributed by atoms with Gasteiger partial charge in [-0.15, -0.1) is 0 Å². The molecule has 0 spiro atoms. The topological polar surface area (TPSA) is 29.5 Å². The van der Waals surface area contributed by atoms with Crippen LogP contribution in [0.5, 0.6) is 0 Å². The Morgan fingerprint density at radius 1 is 1.35 bits per heavy atom. The lowest BCUT2D eigenvalue weighted by Crippen LogP contribution is -2.35. The third kappa shape index (κ3) is 2.67. The second-order valence-electron chi connectivity index (χ2n) is 5.25. The van der Waals surface area contributed by atoms with Gasteiger partial charge in [0.1, 0.15) is 0 Å². The molecule has 1 aromatic carbocycles. The van der Waals surface area contributed by atoms with Gasteiger partial charge in [-0.25, -0.2) is 5.06 Å². The molecule has 0 saturated carbocycles. The van der Waals surface area contributed by atoms with E-state index in [-0.39, 0.29) is 11.6 Å². The molecule has 1 amide bonds. The Morgan fingerprint density at radius 2 is 2.06 bits per heavy atom. The first-order chi connectivity index (χ1) is 8.01. The van der Waals surface area contributed by atoms with Crippen molar-refractivity contribution in [3.8, 4) is 0 Å². The first kappa shape index (κ1) is 12.1. The minimum Gasteiger partial charge on any atom is -0.276 e. The lowest BCUT2D eigenvalue weighted by molar-refractivity contribution is -0.229. The number of nitrogens with zero attached hydrogens (tertiary/aromatic N) is 1. The van der Waals surface area contributed by atoms with E-state index in [1.807, 2.05) is 39.0 Å². The summed E-state index contributed by atoms with van der Waals surface area (Å²) in [5.41, 5.74) is 2.05. The fourth-order valence-electron chi connectivity index (χ4n) is 2.08. The van der Waals surface area contributed by atoms with Crippen molar-refractivity contribution in [1.29, 1.82) is 0 Å². The second kappa shape index (κ2) is 4.49. The summed E-state index contributed by atoms with van der Waals surface area (Å²) in [6, 6.07) is 8.08. The van der Waals surface area contributed by atoms with Gasteiger partial charge in [-0.05, 0) is 44.7 Å². The first-order valence-electron chi connectivity index (χ1n) is 5.85. The molecule has 1 radical (unpaired) electrons. The highest BCUT2D eigenvalue weighted by Gasteiger charge is 2.30. The van der Waals surface area contributed by atoms with Crippen LogP contribution in [0.3, 0.4) is 0 Å². The third-order valence-corrected chi connectivity index (χ3v) is 2.69. The summed E-state index contributed by atoms with van der Waals surface area (Å²) in [6.07, 6.45) is 3.75. The van der Waals surface area contributed by atoms with Crippen molar-refractivity contribution in [3.05, 3.63) is 41.8 Å². The molecule has 1 atom stereocenters. The molecule has 3 nitrogen and oxygen atoms in total. The van der Waals surface area contributed by atoms with Gasteiger partial charge in [-0.2, -0.15) is 0 Å². The SMILES string of the molecule is CC(C)(C)ON(C=O)C1[CH]Cc2ccccc21. The van der Waals surface area contributed by atoms with E-state index in [2.05, 4.69) is 12.5 Å². The Kier molecular flexibility index (Phi) is 3.20. The number of carbonyl (C=O) groups excluding carboxylic acids is 1. The lowest BCUT2D eigenvalue weighted by atomic mass is 10.1. The van der Waals surface area contributed by atoms with E-state index in [9.17, 15) is 4.79 Å². The number of fused-ring (bicyclic) bond motifs is 1. The number of carbonyl (C=O) groups is 1. The quantitative estimate of drug-likeness (QED) is 0.592. The number of hydrogen-bond acceptors (Lipinski definition) is 2. The molecule has 0 fully saturated rings. The fourth-order valence-corrected chi connectivity index (χ4v) is 2.08. The molecule has 1 aliphatic carbocycles. The van der Waals surface area contributed by atoms with Crippen LogP contribution in [0.15, 0.2) is 24.3 Å². The van der Waals surface area contributed by atoms with Gasteiger partial charge in [0.25, 0.3) is 0 Å². The maximum absolute atomic E-state index is 11.2. The highest BCUT2D eigenvalue weighted by atomic mass is 16.7. The van der Waals surface area contributed by atoms with E-state index in [0.717, 1.165) is 18.4 Å². The smallest absolute Gasteiger partial charge is 0.233 e. The summed E-state index contributed by atoms with van der Waals surface area (Å²) < 4.78 is 0. The zero-order chi connectivity index (χ0) is 12.5. The van der Waals surface area contributed by atoms with E-state index in [0.29, 0.717) is 0 Å². The molecule has 1 unspecified atom stereocenters. The molecule has 1 aromatic rings. The predicted molar refractivity (Wildman–Crippen MR) is 65.9 cm³/mol. The number of hydrogen-bond donors (Lipinski definition) is 0. The molecule has 2 rings (SSSR count). The standard InChI is InChI=1S/C14H18NO2/c1-14(2,3)17-15(10-16)13-9-8-11-6-4-5-7-12(11)13/h4-7,9-10,13H,8H2,1-3H3. The molecule has 0 aliphatic heterocycles. The van der Waals surface area contributed by atoms with Crippen LogP contribution < -0.4 is 0 Å². The van der Waals surface area contributed by atoms with Gasteiger partial charge in [0, 0.05) is 0 Å². The van der Waals surface area contributed by atoms with Crippen LogP contribution in [0.4, 0.5) is 0 Å². The highest BCUT2D eigenvalue weighted by Crippen LogP contribution is 2.35. The maximum atomic E-state index is 11.2. The minimum atomic E-state index is -0.369. The predicted octanol–water partition coefficient (Wildman–Crippen LogP) is 2.68. The van der Waals surface area contributed by atoms with Gasteiger partial charge in [-0.3, -0.25) is 9.63 Å². The van der Waals surface area contributed by atoms with Crippen LogP contribution >= 0.6 is 0 Å². The van der Waals surface area contributed by atoms with Crippen LogP contribution in [0.1, 0.15) is 37.9 Å². The van der Waals surface area contributed by atoms with Crippen LogP contribution in [-0.4, -0.2) is 17.1 Å². The van der Waals surface area contributed by atoms with Crippen molar-refractivity contribution >= 4 is 6.41 Å². The van der Waals surface area contributed by atoms with Gasteiger partial charge >= 0.3 is 0 Å². The van der Waals surface area contributed by atoms with Crippen molar-refractivity contribution in [2.75, 3.05) is 0 Å². The van der Waals surface area contributed by atoms with Crippen LogP contribution in [0.2, 0.25) is 0 Å². The molecule has 0 aromatic heterocycles. The molecule has 0 N–H and O–H groups in total. The number of benzene rings is 1. The molecule has 0 saturated heterocycles. The van der Waals surface area contributed by atoms with Crippen LogP contribution in [0, 0.1) is 6.42 Å².